The molecule has 4 rings (SSSR count). The molecule has 0 saturated heterocycles. The second-order valence-electron chi connectivity index (χ2n) is 7.97. The van der Waals surface area contributed by atoms with Gasteiger partial charge in [0.15, 0.2) is 5.65 Å². The standard InChI is InChI=1S/C22H25FN4O/c1-14(2)27-20-16(13-24-27)12-19(15(3)25-20)21(28)26-22(10-4-5-11-22)17-6-8-18(23)9-7-17/h6-9,12-14H,4-5,10-11H2,1-3H3,(H,26,28). The lowest BCUT2D eigenvalue weighted by Crippen LogP contribution is -2.44. The summed E-state index contributed by atoms with van der Waals surface area (Å²) in [5.74, 6) is -0.411. The van der Waals surface area contributed by atoms with Gasteiger partial charge in [0.05, 0.1) is 23.0 Å². The second kappa shape index (κ2) is 7.00. The monoisotopic (exact) mass is 380 g/mol. The number of rotatable bonds is 4. The largest absolute Gasteiger partial charge is 0.342 e. The van der Waals surface area contributed by atoms with E-state index in [0.717, 1.165) is 42.3 Å². The predicted octanol–water partition coefficient (Wildman–Crippen LogP) is 4.66. The Hall–Kier alpha value is -2.76. The fourth-order valence-electron chi connectivity index (χ4n) is 4.19. The van der Waals surface area contributed by atoms with Gasteiger partial charge in [-0.3, -0.25) is 4.79 Å². The van der Waals surface area contributed by atoms with Crippen LogP contribution in [0.15, 0.2) is 36.5 Å². The number of nitrogens with zero attached hydrogens (tertiary/aromatic N) is 3. The van der Waals surface area contributed by atoms with E-state index in [1.165, 1.54) is 12.1 Å². The number of aryl methyl sites for hydroxylation is 1. The highest BCUT2D eigenvalue weighted by atomic mass is 19.1. The van der Waals surface area contributed by atoms with E-state index in [1.807, 2.05) is 17.7 Å². The molecule has 1 aliphatic rings. The first kappa shape index (κ1) is 18.6. The average molecular weight is 380 g/mol. The summed E-state index contributed by atoms with van der Waals surface area (Å²) in [6, 6.07) is 8.54. The Bertz CT molecular complexity index is 1020. The van der Waals surface area contributed by atoms with E-state index in [0.29, 0.717) is 11.3 Å². The smallest absolute Gasteiger partial charge is 0.253 e. The third-order valence-corrected chi connectivity index (χ3v) is 5.70. The maximum absolute atomic E-state index is 13.4. The van der Waals surface area contributed by atoms with Crippen LogP contribution in [-0.4, -0.2) is 20.7 Å². The topological polar surface area (TPSA) is 59.8 Å². The van der Waals surface area contributed by atoms with Crippen molar-refractivity contribution in [1.82, 2.24) is 20.1 Å². The Kier molecular flexibility index (Phi) is 4.65. The number of pyridine rings is 1. The molecule has 146 valence electrons. The van der Waals surface area contributed by atoms with Gasteiger partial charge in [0.2, 0.25) is 0 Å². The number of hydrogen-bond acceptors (Lipinski definition) is 3. The normalized spacial score (nSPS) is 16.0. The Morgan fingerprint density at radius 3 is 2.54 bits per heavy atom. The van der Waals surface area contributed by atoms with Crippen molar-refractivity contribution in [2.75, 3.05) is 0 Å². The van der Waals surface area contributed by atoms with Crippen molar-refractivity contribution in [3.05, 3.63) is 59.2 Å². The Morgan fingerprint density at radius 1 is 1.21 bits per heavy atom. The molecule has 0 bridgehead atoms. The van der Waals surface area contributed by atoms with Gasteiger partial charge in [-0.05, 0) is 57.4 Å². The van der Waals surface area contributed by atoms with Gasteiger partial charge in [0.1, 0.15) is 5.82 Å². The van der Waals surface area contributed by atoms with E-state index in [1.54, 1.807) is 18.3 Å². The third-order valence-electron chi connectivity index (χ3n) is 5.70. The summed E-state index contributed by atoms with van der Waals surface area (Å²) in [6.45, 7) is 5.96. The molecule has 2 aromatic heterocycles. The molecule has 1 aliphatic carbocycles. The minimum atomic E-state index is -0.450. The molecule has 0 unspecified atom stereocenters. The van der Waals surface area contributed by atoms with Crippen molar-refractivity contribution in [2.24, 2.45) is 0 Å². The predicted molar refractivity (Wildman–Crippen MR) is 107 cm³/mol. The van der Waals surface area contributed by atoms with E-state index in [2.05, 4.69) is 29.2 Å². The molecular formula is C22H25FN4O. The summed E-state index contributed by atoms with van der Waals surface area (Å²) in [6.07, 6.45) is 5.53. The summed E-state index contributed by atoms with van der Waals surface area (Å²) in [7, 11) is 0. The molecule has 1 amide bonds. The molecule has 0 radical (unpaired) electrons. The van der Waals surface area contributed by atoms with Crippen molar-refractivity contribution in [3.8, 4) is 0 Å². The van der Waals surface area contributed by atoms with Crippen LogP contribution in [0.1, 0.15) is 67.2 Å². The van der Waals surface area contributed by atoms with Gasteiger partial charge in [-0.25, -0.2) is 14.1 Å². The van der Waals surface area contributed by atoms with Gasteiger partial charge in [0, 0.05) is 11.4 Å². The molecule has 5 nitrogen and oxygen atoms in total. The molecule has 1 aromatic carbocycles. The van der Waals surface area contributed by atoms with E-state index < -0.39 is 5.54 Å². The van der Waals surface area contributed by atoms with Crippen LogP contribution in [0.2, 0.25) is 0 Å². The van der Waals surface area contributed by atoms with Gasteiger partial charge in [-0.1, -0.05) is 25.0 Å². The maximum Gasteiger partial charge on any atom is 0.253 e. The minimum Gasteiger partial charge on any atom is -0.342 e. The van der Waals surface area contributed by atoms with E-state index >= 15 is 0 Å². The first-order chi connectivity index (χ1) is 13.4. The van der Waals surface area contributed by atoms with Crippen LogP contribution < -0.4 is 5.32 Å². The molecule has 0 aliphatic heterocycles. The molecule has 2 heterocycles. The zero-order valence-corrected chi connectivity index (χ0v) is 16.5. The number of carbonyl (C=O) groups excluding carboxylic acids is 1. The highest BCUT2D eigenvalue weighted by molar-refractivity contribution is 5.98. The molecule has 3 aromatic rings. The van der Waals surface area contributed by atoms with Crippen molar-refractivity contribution >= 4 is 16.9 Å². The molecule has 1 saturated carbocycles. The molecule has 0 spiro atoms. The lowest BCUT2D eigenvalue weighted by molar-refractivity contribution is 0.0897. The lowest BCUT2D eigenvalue weighted by atomic mass is 9.87. The maximum atomic E-state index is 13.4. The first-order valence-corrected chi connectivity index (χ1v) is 9.83. The van der Waals surface area contributed by atoms with Gasteiger partial charge in [0.25, 0.3) is 5.91 Å². The van der Waals surface area contributed by atoms with Crippen LogP contribution >= 0.6 is 0 Å². The molecule has 28 heavy (non-hydrogen) atoms. The lowest BCUT2D eigenvalue weighted by Gasteiger charge is -2.31. The minimum absolute atomic E-state index is 0.143. The van der Waals surface area contributed by atoms with Crippen molar-refractivity contribution < 1.29 is 9.18 Å². The number of halogens is 1. The van der Waals surface area contributed by atoms with Crippen LogP contribution in [0, 0.1) is 12.7 Å². The number of aromatic nitrogens is 3. The number of nitrogens with one attached hydrogen (secondary N) is 1. The molecule has 1 fully saturated rings. The fourth-order valence-corrected chi connectivity index (χ4v) is 4.19. The van der Waals surface area contributed by atoms with Crippen molar-refractivity contribution in [1.29, 1.82) is 0 Å². The van der Waals surface area contributed by atoms with Crippen LogP contribution in [-0.2, 0) is 5.54 Å². The van der Waals surface area contributed by atoms with Crippen molar-refractivity contribution in [2.45, 2.75) is 58.0 Å². The van der Waals surface area contributed by atoms with Crippen LogP contribution in [0.3, 0.4) is 0 Å². The van der Waals surface area contributed by atoms with E-state index in [-0.39, 0.29) is 17.8 Å². The molecule has 0 atom stereocenters. The summed E-state index contributed by atoms with van der Waals surface area (Å²) in [4.78, 5) is 17.8. The number of amides is 1. The van der Waals surface area contributed by atoms with Crippen LogP contribution in [0.4, 0.5) is 4.39 Å². The SMILES string of the molecule is Cc1nc2c(cnn2C(C)C)cc1C(=O)NC1(c2ccc(F)cc2)CCCC1. The summed E-state index contributed by atoms with van der Waals surface area (Å²) < 4.78 is 15.2. The van der Waals surface area contributed by atoms with Crippen LogP contribution in [0.5, 0.6) is 0 Å². The molecule has 6 heteroatoms. The third kappa shape index (κ3) is 3.17. The number of benzene rings is 1. The average Bonchev–Trinajstić information content (AvgIpc) is 3.29. The Morgan fingerprint density at radius 2 is 1.89 bits per heavy atom. The van der Waals surface area contributed by atoms with Crippen LogP contribution in [0.25, 0.3) is 11.0 Å². The van der Waals surface area contributed by atoms with Gasteiger partial charge < -0.3 is 5.32 Å². The van der Waals surface area contributed by atoms with Gasteiger partial charge in [-0.2, -0.15) is 5.10 Å². The Labute approximate surface area is 164 Å². The quantitative estimate of drug-likeness (QED) is 0.716. The summed E-state index contributed by atoms with van der Waals surface area (Å²) in [5, 5.41) is 8.50. The zero-order chi connectivity index (χ0) is 19.9. The van der Waals surface area contributed by atoms with Crippen molar-refractivity contribution in [3.63, 3.8) is 0 Å². The number of hydrogen-bond donors (Lipinski definition) is 1. The van der Waals surface area contributed by atoms with E-state index in [4.69, 9.17) is 0 Å². The summed E-state index contributed by atoms with van der Waals surface area (Å²) >= 11 is 0. The van der Waals surface area contributed by atoms with Gasteiger partial charge in [-0.15, -0.1) is 0 Å². The highest BCUT2D eigenvalue weighted by Crippen LogP contribution is 2.39. The highest BCUT2D eigenvalue weighted by Gasteiger charge is 2.37. The second-order valence-corrected chi connectivity index (χ2v) is 7.97. The fraction of sp³-hybridized carbons (Fsp3) is 0.409. The molecule has 1 N–H and O–H groups in total. The number of carbonyl (C=O) groups is 1. The van der Waals surface area contributed by atoms with E-state index in [9.17, 15) is 9.18 Å². The molecular weight excluding hydrogens is 355 g/mol. The van der Waals surface area contributed by atoms with Gasteiger partial charge >= 0.3 is 0 Å². The Balaban J connectivity index is 1.68. The number of fused-ring (bicyclic) bond motifs is 1. The zero-order valence-electron chi connectivity index (χ0n) is 16.5. The first-order valence-electron chi connectivity index (χ1n) is 9.83. The summed E-state index contributed by atoms with van der Waals surface area (Å²) in [5.41, 5.74) is 2.54.